The van der Waals surface area contributed by atoms with E-state index in [9.17, 15) is 13.6 Å². The van der Waals surface area contributed by atoms with Crippen molar-refractivity contribution < 1.29 is 28.2 Å². The molecule has 1 N–H and O–H groups in total. The van der Waals surface area contributed by atoms with Crippen molar-refractivity contribution in [3.05, 3.63) is 23.3 Å². The van der Waals surface area contributed by atoms with Gasteiger partial charge >= 0.3 is 5.97 Å². The van der Waals surface area contributed by atoms with E-state index in [1.807, 2.05) is 0 Å². The number of hydrogen-bond donors (Lipinski definition) is 1. The molecule has 1 aromatic rings. The van der Waals surface area contributed by atoms with Crippen molar-refractivity contribution in [3.8, 4) is 11.5 Å². The third-order valence-corrected chi connectivity index (χ3v) is 2.43. The van der Waals surface area contributed by atoms with Gasteiger partial charge in [0.1, 0.15) is 0 Å². The van der Waals surface area contributed by atoms with Gasteiger partial charge < -0.3 is 14.6 Å². The van der Waals surface area contributed by atoms with Crippen molar-refractivity contribution >= 4 is 5.97 Å². The number of aliphatic carboxylic acids is 1. The maximum Gasteiger partial charge on any atom is 0.303 e. The van der Waals surface area contributed by atoms with Crippen molar-refractivity contribution in [3.63, 3.8) is 0 Å². The lowest BCUT2D eigenvalue weighted by atomic mass is 10.0. The molecule has 0 aliphatic heterocycles. The first-order valence-electron chi connectivity index (χ1n) is 5.24. The van der Waals surface area contributed by atoms with Crippen LogP contribution in [-0.2, 0) is 11.2 Å². The number of alkyl halides is 2. The molecule has 0 fully saturated rings. The molecule has 1 aromatic carbocycles. The fourth-order valence-corrected chi connectivity index (χ4v) is 1.61. The average molecular weight is 260 g/mol. The van der Waals surface area contributed by atoms with Crippen molar-refractivity contribution in [1.29, 1.82) is 0 Å². The summed E-state index contributed by atoms with van der Waals surface area (Å²) in [5, 5.41) is 8.58. The molecule has 0 saturated heterocycles. The maximum absolute atomic E-state index is 12.9. The van der Waals surface area contributed by atoms with Gasteiger partial charge in [-0.2, -0.15) is 0 Å². The number of carboxylic acids is 1. The van der Waals surface area contributed by atoms with Gasteiger partial charge in [0.25, 0.3) is 6.43 Å². The van der Waals surface area contributed by atoms with Crippen LogP contribution in [0.1, 0.15) is 24.0 Å². The molecule has 0 saturated carbocycles. The molecule has 1 rings (SSSR count). The summed E-state index contributed by atoms with van der Waals surface area (Å²) in [6.45, 7) is 0. The quantitative estimate of drug-likeness (QED) is 0.854. The number of rotatable bonds is 6. The summed E-state index contributed by atoms with van der Waals surface area (Å²) in [5.41, 5.74) is 0.183. The third-order valence-electron chi connectivity index (χ3n) is 2.43. The van der Waals surface area contributed by atoms with E-state index in [2.05, 4.69) is 0 Å². The number of ether oxygens (including phenoxy) is 2. The van der Waals surface area contributed by atoms with E-state index in [1.165, 1.54) is 26.4 Å². The van der Waals surface area contributed by atoms with Gasteiger partial charge in [-0.25, -0.2) is 8.78 Å². The Morgan fingerprint density at radius 1 is 1.33 bits per heavy atom. The first kappa shape index (κ1) is 14.2. The predicted molar refractivity (Wildman–Crippen MR) is 60.5 cm³/mol. The Kier molecular flexibility index (Phi) is 4.88. The minimum Gasteiger partial charge on any atom is -0.493 e. The molecule has 0 radical (unpaired) electrons. The van der Waals surface area contributed by atoms with Crippen molar-refractivity contribution in [1.82, 2.24) is 0 Å². The highest BCUT2D eigenvalue weighted by atomic mass is 19.3. The van der Waals surface area contributed by atoms with Crippen molar-refractivity contribution in [2.75, 3.05) is 14.2 Å². The van der Waals surface area contributed by atoms with Crippen LogP contribution in [0, 0.1) is 0 Å². The Balaban J connectivity index is 3.14. The molecule has 6 heteroatoms. The van der Waals surface area contributed by atoms with Crippen molar-refractivity contribution in [2.45, 2.75) is 19.3 Å². The van der Waals surface area contributed by atoms with Crippen LogP contribution >= 0.6 is 0 Å². The van der Waals surface area contributed by atoms with E-state index in [4.69, 9.17) is 14.6 Å². The molecule has 4 nitrogen and oxygen atoms in total. The molecule has 100 valence electrons. The summed E-state index contributed by atoms with van der Waals surface area (Å²) in [5.74, 6) is -0.828. The van der Waals surface area contributed by atoms with E-state index in [1.54, 1.807) is 0 Å². The van der Waals surface area contributed by atoms with E-state index >= 15 is 0 Å². The highest BCUT2D eigenvalue weighted by Gasteiger charge is 2.19. The molecule has 0 spiro atoms. The molecule has 0 atom stereocenters. The molecule has 0 heterocycles. The van der Waals surface area contributed by atoms with E-state index in [0.717, 1.165) is 0 Å². The first-order chi connectivity index (χ1) is 8.49. The van der Waals surface area contributed by atoms with Crippen LogP contribution in [-0.4, -0.2) is 25.3 Å². The monoisotopic (exact) mass is 260 g/mol. The van der Waals surface area contributed by atoms with Crippen LogP contribution in [0.3, 0.4) is 0 Å². The van der Waals surface area contributed by atoms with Crippen LogP contribution in [0.4, 0.5) is 8.78 Å². The fraction of sp³-hybridized carbons (Fsp3) is 0.417. The van der Waals surface area contributed by atoms with Gasteiger partial charge in [-0.1, -0.05) is 0 Å². The number of benzene rings is 1. The molecule has 0 bridgehead atoms. The lowest BCUT2D eigenvalue weighted by Gasteiger charge is -2.14. The Labute approximate surface area is 103 Å². The standard InChI is InChI=1S/C12H14F2O4/c1-17-9-6-7(3-4-10(15)16)5-8(12(13)14)11(9)18-2/h5-6,12H,3-4H2,1-2H3,(H,15,16). The van der Waals surface area contributed by atoms with Gasteiger partial charge in [0.15, 0.2) is 11.5 Å². The van der Waals surface area contributed by atoms with E-state index in [-0.39, 0.29) is 29.9 Å². The van der Waals surface area contributed by atoms with Crippen molar-refractivity contribution in [2.24, 2.45) is 0 Å². The zero-order valence-corrected chi connectivity index (χ0v) is 10.1. The topological polar surface area (TPSA) is 55.8 Å². The number of carbonyl (C=O) groups is 1. The molecule has 0 amide bonds. The lowest BCUT2D eigenvalue weighted by molar-refractivity contribution is -0.136. The predicted octanol–water partition coefficient (Wildman–Crippen LogP) is 2.66. The lowest BCUT2D eigenvalue weighted by Crippen LogP contribution is -2.01. The van der Waals surface area contributed by atoms with E-state index in [0.29, 0.717) is 5.56 Å². The Morgan fingerprint density at radius 3 is 2.44 bits per heavy atom. The number of halogens is 2. The highest BCUT2D eigenvalue weighted by Crippen LogP contribution is 2.38. The van der Waals surface area contributed by atoms with Gasteiger partial charge in [-0.3, -0.25) is 4.79 Å². The summed E-state index contributed by atoms with van der Waals surface area (Å²) in [7, 11) is 2.62. The summed E-state index contributed by atoms with van der Waals surface area (Å²) in [6, 6.07) is 2.75. The Bertz CT molecular complexity index is 432. The number of methoxy groups -OCH3 is 2. The highest BCUT2D eigenvalue weighted by molar-refractivity contribution is 5.67. The molecule has 0 unspecified atom stereocenters. The molecule has 0 aromatic heterocycles. The number of hydrogen-bond acceptors (Lipinski definition) is 3. The molecule has 0 aliphatic carbocycles. The largest absolute Gasteiger partial charge is 0.493 e. The maximum atomic E-state index is 12.9. The number of aryl methyl sites for hydroxylation is 1. The van der Waals surface area contributed by atoms with Crippen LogP contribution in [0.25, 0.3) is 0 Å². The summed E-state index contributed by atoms with van der Waals surface area (Å²) in [6.07, 6.45) is -2.67. The fourth-order valence-electron chi connectivity index (χ4n) is 1.61. The van der Waals surface area contributed by atoms with Gasteiger partial charge in [0.05, 0.1) is 19.8 Å². The van der Waals surface area contributed by atoms with Gasteiger partial charge in [0.2, 0.25) is 0 Å². The third kappa shape index (κ3) is 3.32. The Morgan fingerprint density at radius 2 is 2.00 bits per heavy atom. The molecular weight excluding hydrogens is 246 g/mol. The van der Waals surface area contributed by atoms with E-state index < -0.39 is 12.4 Å². The second kappa shape index (κ2) is 6.18. The summed E-state index contributed by atoms with van der Waals surface area (Å²) < 4.78 is 35.6. The number of carboxylic acid groups (broad SMARTS) is 1. The summed E-state index contributed by atoms with van der Waals surface area (Å²) in [4.78, 5) is 10.5. The zero-order chi connectivity index (χ0) is 13.7. The van der Waals surface area contributed by atoms with Crippen LogP contribution in [0.2, 0.25) is 0 Å². The Hall–Kier alpha value is -1.85. The first-order valence-corrected chi connectivity index (χ1v) is 5.24. The molecular formula is C12H14F2O4. The molecule has 18 heavy (non-hydrogen) atoms. The van der Waals surface area contributed by atoms with Gasteiger partial charge in [-0.05, 0) is 24.1 Å². The second-order valence-corrected chi connectivity index (χ2v) is 3.61. The smallest absolute Gasteiger partial charge is 0.303 e. The summed E-state index contributed by atoms with van der Waals surface area (Å²) >= 11 is 0. The zero-order valence-electron chi connectivity index (χ0n) is 10.1. The van der Waals surface area contributed by atoms with Gasteiger partial charge in [-0.15, -0.1) is 0 Å². The average Bonchev–Trinajstić information content (AvgIpc) is 2.34. The van der Waals surface area contributed by atoms with Crippen LogP contribution in [0.5, 0.6) is 11.5 Å². The van der Waals surface area contributed by atoms with Crippen LogP contribution < -0.4 is 9.47 Å². The molecule has 0 aliphatic rings. The van der Waals surface area contributed by atoms with Crippen LogP contribution in [0.15, 0.2) is 12.1 Å². The minimum absolute atomic E-state index is 0.0217. The minimum atomic E-state index is -2.71. The van der Waals surface area contributed by atoms with Gasteiger partial charge in [0, 0.05) is 6.42 Å². The SMILES string of the molecule is COc1cc(CCC(=O)O)cc(C(F)F)c1OC. The second-order valence-electron chi connectivity index (χ2n) is 3.61. The normalized spacial score (nSPS) is 10.5.